The van der Waals surface area contributed by atoms with Gasteiger partial charge in [-0.05, 0) is 43.9 Å². The van der Waals surface area contributed by atoms with E-state index in [0.29, 0.717) is 5.92 Å². The maximum atomic E-state index is 4.79. The van der Waals surface area contributed by atoms with Crippen molar-refractivity contribution in [3.63, 3.8) is 0 Å². The molecule has 1 heterocycles. The van der Waals surface area contributed by atoms with E-state index in [0.717, 1.165) is 37.7 Å². The van der Waals surface area contributed by atoms with Gasteiger partial charge in [-0.2, -0.15) is 0 Å². The summed E-state index contributed by atoms with van der Waals surface area (Å²) < 4.78 is 0. The van der Waals surface area contributed by atoms with Gasteiger partial charge < -0.3 is 10.2 Å². The van der Waals surface area contributed by atoms with Crippen molar-refractivity contribution in [2.75, 3.05) is 24.5 Å². The van der Waals surface area contributed by atoms with Crippen molar-refractivity contribution < 1.29 is 0 Å². The van der Waals surface area contributed by atoms with Gasteiger partial charge in [0, 0.05) is 25.3 Å². The fourth-order valence-electron chi connectivity index (χ4n) is 2.32. The molecule has 0 radical (unpaired) electrons. The van der Waals surface area contributed by atoms with Crippen LogP contribution in [0.15, 0.2) is 12.1 Å². The van der Waals surface area contributed by atoms with Crippen LogP contribution in [-0.2, 0) is 6.54 Å². The molecule has 0 amide bonds. The Morgan fingerprint density at radius 1 is 1.15 bits per heavy atom. The van der Waals surface area contributed by atoms with Gasteiger partial charge in [0.2, 0.25) is 0 Å². The molecule has 0 aliphatic carbocycles. The molecule has 3 heteroatoms. The Kier molecular flexibility index (Phi) is 7.60. The molecule has 0 aromatic carbocycles. The zero-order valence-corrected chi connectivity index (χ0v) is 13.9. The maximum absolute atomic E-state index is 4.79. The molecule has 1 rings (SSSR count). The van der Waals surface area contributed by atoms with E-state index in [2.05, 4.69) is 57.0 Å². The Labute approximate surface area is 124 Å². The highest BCUT2D eigenvalue weighted by Crippen LogP contribution is 2.15. The first-order valence-corrected chi connectivity index (χ1v) is 8.00. The quantitative estimate of drug-likeness (QED) is 0.745. The van der Waals surface area contributed by atoms with Crippen LogP contribution in [0.1, 0.15) is 51.8 Å². The standard InChI is InChI=1S/C17H31N3/c1-6-10-20(11-7-2)17-9-8-16(15(5)19-17)13-18-12-14(3)4/h8-9,14,18H,6-7,10-13H2,1-5H3. The van der Waals surface area contributed by atoms with Crippen molar-refractivity contribution in [1.82, 2.24) is 10.3 Å². The molecule has 0 aliphatic rings. The van der Waals surface area contributed by atoms with E-state index < -0.39 is 0 Å². The molecule has 0 spiro atoms. The maximum Gasteiger partial charge on any atom is 0.128 e. The van der Waals surface area contributed by atoms with Crippen molar-refractivity contribution in [3.8, 4) is 0 Å². The van der Waals surface area contributed by atoms with Gasteiger partial charge in [-0.3, -0.25) is 0 Å². The lowest BCUT2D eigenvalue weighted by atomic mass is 10.1. The minimum absolute atomic E-state index is 0.687. The third kappa shape index (κ3) is 5.49. The third-order valence-corrected chi connectivity index (χ3v) is 3.36. The van der Waals surface area contributed by atoms with E-state index in [4.69, 9.17) is 4.98 Å². The molecule has 0 aliphatic heterocycles. The first-order chi connectivity index (χ1) is 9.58. The summed E-state index contributed by atoms with van der Waals surface area (Å²) in [6, 6.07) is 4.40. The first-order valence-electron chi connectivity index (χ1n) is 8.00. The summed E-state index contributed by atoms with van der Waals surface area (Å²) in [7, 11) is 0. The number of nitrogens with zero attached hydrogens (tertiary/aromatic N) is 2. The molecule has 0 bridgehead atoms. The zero-order valence-electron chi connectivity index (χ0n) is 13.9. The van der Waals surface area contributed by atoms with Gasteiger partial charge in [0.1, 0.15) is 5.82 Å². The average Bonchev–Trinajstić information content (AvgIpc) is 2.40. The largest absolute Gasteiger partial charge is 0.357 e. The van der Waals surface area contributed by atoms with Gasteiger partial charge in [0.25, 0.3) is 0 Å². The van der Waals surface area contributed by atoms with Crippen molar-refractivity contribution in [2.24, 2.45) is 5.92 Å². The molecule has 3 nitrogen and oxygen atoms in total. The fraction of sp³-hybridized carbons (Fsp3) is 0.706. The Morgan fingerprint density at radius 3 is 2.30 bits per heavy atom. The van der Waals surface area contributed by atoms with Crippen molar-refractivity contribution in [2.45, 2.75) is 54.0 Å². The summed E-state index contributed by atoms with van der Waals surface area (Å²) in [6.45, 7) is 15.2. The fourth-order valence-corrected chi connectivity index (χ4v) is 2.32. The highest BCUT2D eigenvalue weighted by atomic mass is 15.2. The van der Waals surface area contributed by atoms with E-state index >= 15 is 0 Å². The number of anilines is 1. The van der Waals surface area contributed by atoms with Crippen LogP contribution in [0.25, 0.3) is 0 Å². The van der Waals surface area contributed by atoms with Crippen LogP contribution in [0.2, 0.25) is 0 Å². The van der Waals surface area contributed by atoms with Gasteiger partial charge >= 0.3 is 0 Å². The lowest BCUT2D eigenvalue weighted by Gasteiger charge is -2.23. The molecule has 0 atom stereocenters. The SMILES string of the molecule is CCCN(CCC)c1ccc(CNCC(C)C)c(C)n1. The Hall–Kier alpha value is -1.09. The summed E-state index contributed by atoms with van der Waals surface area (Å²) >= 11 is 0. The number of aryl methyl sites for hydroxylation is 1. The number of pyridine rings is 1. The number of nitrogens with one attached hydrogen (secondary N) is 1. The highest BCUT2D eigenvalue weighted by Gasteiger charge is 2.08. The highest BCUT2D eigenvalue weighted by molar-refractivity contribution is 5.41. The van der Waals surface area contributed by atoms with Crippen LogP contribution in [0.5, 0.6) is 0 Å². The molecule has 1 aromatic heterocycles. The second kappa shape index (κ2) is 8.96. The van der Waals surface area contributed by atoms with Gasteiger partial charge in [0.15, 0.2) is 0 Å². The van der Waals surface area contributed by atoms with Gasteiger partial charge in [-0.1, -0.05) is 33.8 Å². The molecular weight excluding hydrogens is 246 g/mol. The minimum Gasteiger partial charge on any atom is -0.357 e. The van der Waals surface area contributed by atoms with E-state index in [-0.39, 0.29) is 0 Å². The number of hydrogen-bond acceptors (Lipinski definition) is 3. The molecule has 1 aromatic rings. The Balaban J connectivity index is 2.70. The van der Waals surface area contributed by atoms with Crippen LogP contribution < -0.4 is 10.2 Å². The average molecular weight is 277 g/mol. The second-order valence-corrected chi connectivity index (χ2v) is 5.93. The van der Waals surface area contributed by atoms with E-state index in [1.54, 1.807) is 0 Å². The van der Waals surface area contributed by atoms with Crippen molar-refractivity contribution in [3.05, 3.63) is 23.4 Å². The first kappa shape index (κ1) is 17.0. The number of aromatic nitrogens is 1. The molecule has 0 fully saturated rings. The normalized spacial score (nSPS) is 11.1. The van der Waals surface area contributed by atoms with Crippen LogP contribution in [0.3, 0.4) is 0 Å². The van der Waals surface area contributed by atoms with Crippen LogP contribution in [0.4, 0.5) is 5.82 Å². The van der Waals surface area contributed by atoms with Crippen molar-refractivity contribution in [1.29, 1.82) is 0 Å². The molecule has 1 N–H and O–H groups in total. The second-order valence-electron chi connectivity index (χ2n) is 5.93. The van der Waals surface area contributed by atoms with Gasteiger partial charge in [-0.25, -0.2) is 4.98 Å². The lowest BCUT2D eigenvalue weighted by Crippen LogP contribution is -2.26. The summed E-state index contributed by atoms with van der Waals surface area (Å²) in [5, 5.41) is 3.49. The summed E-state index contributed by atoms with van der Waals surface area (Å²) in [5.74, 6) is 1.81. The van der Waals surface area contributed by atoms with Crippen LogP contribution in [0, 0.1) is 12.8 Å². The minimum atomic E-state index is 0.687. The van der Waals surface area contributed by atoms with Crippen LogP contribution in [-0.4, -0.2) is 24.6 Å². The van der Waals surface area contributed by atoms with E-state index in [1.165, 1.54) is 18.4 Å². The predicted molar refractivity (Wildman–Crippen MR) is 88.3 cm³/mol. The van der Waals surface area contributed by atoms with E-state index in [9.17, 15) is 0 Å². The van der Waals surface area contributed by atoms with Crippen molar-refractivity contribution >= 4 is 5.82 Å². The molecule has 0 unspecified atom stereocenters. The summed E-state index contributed by atoms with van der Waals surface area (Å²) in [4.78, 5) is 7.18. The van der Waals surface area contributed by atoms with E-state index in [1.807, 2.05) is 0 Å². The lowest BCUT2D eigenvalue weighted by molar-refractivity contribution is 0.551. The smallest absolute Gasteiger partial charge is 0.128 e. The predicted octanol–water partition coefficient (Wildman–Crippen LogP) is 3.76. The monoisotopic (exact) mass is 277 g/mol. The number of hydrogen-bond donors (Lipinski definition) is 1. The van der Waals surface area contributed by atoms with Gasteiger partial charge in [0.05, 0.1) is 0 Å². The zero-order chi connectivity index (χ0) is 15.0. The Bertz CT molecular complexity index is 382. The molecule has 20 heavy (non-hydrogen) atoms. The molecular formula is C17H31N3. The summed E-state index contributed by atoms with van der Waals surface area (Å²) in [6.07, 6.45) is 2.33. The Morgan fingerprint density at radius 2 is 1.80 bits per heavy atom. The van der Waals surface area contributed by atoms with Gasteiger partial charge in [-0.15, -0.1) is 0 Å². The topological polar surface area (TPSA) is 28.2 Å². The van der Waals surface area contributed by atoms with Crippen LogP contribution >= 0.6 is 0 Å². The molecule has 114 valence electrons. The number of rotatable bonds is 9. The molecule has 0 saturated carbocycles. The summed E-state index contributed by atoms with van der Waals surface area (Å²) in [5.41, 5.74) is 2.46. The molecule has 0 saturated heterocycles. The third-order valence-electron chi connectivity index (χ3n) is 3.36.